The smallest absolute Gasteiger partial charge is 0.222 e. The summed E-state index contributed by atoms with van der Waals surface area (Å²) in [6, 6.07) is 14.8. The van der Waals surface area contributed by atoms with Crippen LogP contribution in [0, 0.1) is 11.8 Å². The molecule has 0 amide bonds. The number of halogens is 2. The minimum absolute atomic E-state index is 0.202. The molecule has 0 bridgehead atoms. The number of aromatic nitrogens is 4. The summed E-state index contributed by atoms with van der Waals surface area (Å²) in [6.07, 6.45) is 13.5. The third kappa shape index (κ3) is 11.5. The molecule has 2 aromatic carbocycles. The van der Waals surface area contributed by atoms with E-state index in [4.69, 9.17) is 49.2 Å². The Morgan fingerprint density at radius 1 is 0.640 bits per heavy atom. The van der Waals surface area contributed by atoms with Gasteiger partial charge in [0.2, 0.25) is 11.9 Å². The van der Waals surface area contributed by atoms with Crippen molar-refractivity contribution in [1.29, 1.82) is 0 Å². The number of nitrogens with zero attached hydrogens (tertiary/aromatic N) is 4. The summed E-state index contributed by atoms with van der Waals surface area (Å²) in [6.45, 7) is 0.507. The Kier molecular flexibility index (Phi) is 13.9. The van der Waals surface area contributed by atoms with Gasteiger partial charge in [-0.25, -0.2) is 9.97 Å². The molecule has 2 aromatic heterocycles. The summed E-state index contributed by atoms with van der Waals surface area (Å²) in [5, 5.41) is 26.4. The maximum Gasteiger partial charge on any atom is 0.222 e. The van der Waals surface area contributed by atoms with Crippen LogP contribution in [0.3, 0.4) is 0 Å². The highest BCUT2D eigenvalue weighted by Crippen LogP contribution is 2.35. The quantitative estimate of drug-likeness (QED) is 0.0837. The Morgan fingerprint density at radius 2 is 1.12 bits per heavy atom. The lowest BCUT2D eigenvalue weighted by atomic mass is 9.84. The van der Waals surface area contributed by atoms with Gasteiger partial charge >= 0.3 is 0 Å². The average Bonchev–Trinajstić information content (AvgIpc) is 3.11. The molecule has 2 atom stereocenters. The first-order valence-corrected chi connectivity index (χ1v) is 17.9. The van der Waals surface area contributed by atoms with Gasteiger partial charge in [0.25, 0.3) is 0 Å². The third-order valence-corrected chi connectivity index (χ3v) is 9.52. The van der Waals surface area contributed by atoms with Crippen molar-refractivity contribution in [3.63, 3.8) is 0 Å². The highest BCUT2D eigenvalue weighted by Gasteiger charge is 2.24. The molecule has 0 aliphatic heterocycles. The number of hydrogen-bond acceptors (Lipinski definition) is 12. The van der Waals surface area contributed by atoms with Crippen LogP contribution in [0.15, 0.2) is 60.9 Å². The Balaban J connectivity index is 0.000000194. The molecule has 14 heteroatoms. The van der Waals surface area contributed by atoms with Gasteiger partial charge in [0.05, 0.1) is 12.4 Å². The van der Waals surface area contributed by atoms with Gasteiger partial charge in [0.15, 0.2) is 23.1 Å². The molecule has 0 spiro atoms. The van der Waals surface area contributed by atoms with Crippen molar-refractivity contribution in [2.45, 2.75) is 76.3 Å². The van der Waals surface area contributed by atoms with E-state index in [1.165, 1.54) is 6.42 Å². The Labute approximate surface area is 303 Å². The Morgan fingerprint density at radius 3 is 1.62 bits per heavy atom. The van der Waals surface area contributed by atoms with Crippen molar-refractivity contribution in [3.8, 4) is 23.0 Å². The molecule has 2 heterocycles. The summed E-state index contributed by atoms with van der Waals surface area (Å²) in [5.74, 6) is 5.14. The number of hydrogen-bond donors (Lipinski definition) is 6. The van der Waals surface area contributed by atoms with Crippen molar-refractivity contribution in [1.82, 2.24) is 19.9 Å². The first kappa shape index (κ1) is 37.2. The molecule has 2 saturated carbocycles. The standard InChI is InChI=1S/2C18H23ClN4O2/c19-13-3-7-15(8-4-13)25-16-11-21-18(20)23-17(16)22-14-5-1-12(2-6-14)9-10-24;19-13-4-6-15(7-5-13)25-16-11-21-18(20)23-17(16)22-14-3-1-2-12(10-14)8-9-24/h3-4,7-8,11-12,14,24H,1-2,5-6,9-10H2,(H3,20,21,22,23);4-7,11-12,14,24H,1-3,8-10H2,(H3,20,21,22,23)/t12-,14-;12-,14+/m.1/s1. The number of aliphatic hydroxyl groups excluding tert-OH is 2. The number of ether oxygens (including phenoxy) is 2. The highest BCUT2D eigenvalue weighted by molar-refractivity contribution is 6.30. The van der Waals surface area contributed by atoms with Gasteiger partial charge in [0.1, 0.15) is 11.5 Å². The van der Waals surface area contributed by atoms with Crippen LogP contribution in [0.2, 0.25) is 10.0 Å². The van der Waals surface area contributed by atoms with Crippen molar-refractivity contribution >= 4 is 46.7 Å². The normalized spacial score (nSPS) is 20.2. The summed E-state index contributed by atoms with van der Waals surface area (Å²) >= 11 is 11.8. The van der Waals surface area contributed by atoms with Crippen LogP contribution in [-0.2, 0) is 0 Å². The number of nitrogens with one attached hydrogen (secondary N) is 2. The largest absolute Gasteiger partial charge is 0.452 e. The van der Waals surface area contributed by atoms with Gasteiger partial charge < -0.3 is 41.8 Å². The fourth-order valence-corrected chi connectivity index (χ4v) is 6.67. The van der Waals surface area contributed by atoms with E-state index in [0.29, 0.717) is 62.6 Å². The second-order valence-electron chi connectivity index (χ2n) is 12.8. The van der Waals surface area contributed by atoms with E-state index in [2.05, 4.69) is 30.6 Å². The maximum atomic E-state index is 9.17. The monoisotopic (exact) mass is 724 g/mol. The zero-order valence-corrected chi connectivity index (χ0v) is 29.5. The molecular formula is C36H46Cl2N8O4. The molecule has 2 aliphatic carbocycles. The van der Waals surface area contributed by atoms with Crippen molar-refractivity contribution in [2.75, 3.05) is 35.3 Å². The SMILES string of the molecule is Nc1ncc(Oc2ccc(Cl)cc2)c(N[C@H]2CCC[C@H](CCO)C2)n1.Nc1ncc(Oc2ccc(Cl)cc2)c(N[C@H]2CC[C@H](CCO)CC2)n1. The molecule has 0 saturated heterocycles. The number of rotatable bonds is 12. The van der Waals surface area contributed by atoms with E-state index < -0.39 is 0 Å². The molecule has 50 heavy (non-hydrogen) atoms. The number of aliphatic hydroxyl groups is 2. The predicted molar refractivity (Wildman–Crippen MR) is 198 cm³/mol. The second kappa shape index (κ2) is 18.8. The van der Waals surface area contributed by atoms with Gasteiger partial charge in [-0.15, -0.1) is 0 Å². The summed E-state index contributed by atoms with van der Waals surface area (Å²) in [7, 11) is 0. The molecular weight excluding hydrogens is 679 g/mol. The first-order chi connectivity index (χ1) is 24.3. The summed E-state index contributed by atoms with van der Waals surface area (Å²) in [5.41, 5.74) is 11.5. The van der Waals surface area contributed by atoms with Crippen LogP contribution >= 0.6 is 23.2 Å². The van der Waals surface area contributed by atoms with Gasteiger partial charge in [-0.2, -0.15) is 9.97 Å². The summed E-state index contributed by atoms with van der Waals surface area (Å²) in [4.78, 5) is 16.7. The maximum absolute atomic E-state index is 9.17. The molecule has 2 aliphatic rings. The van der Waals surface area contributed by atoms with Gasteiger partial charge in [-0.1, -0.05) is 36.0 Å². The van der Waals surface area contributed by atoms with Crippen molar-refractivity contribution < 1.29 is 19.7 Å². The fraction of sp³-hybridized carbons (Fsp3) is 0.444. The van der Waals surface area contributed by atoms with Crippen LogP contribution in [0.4, 0.5) is 23.5 Å². The van der Waals surface area contributed by atoms with E-state index in [9.17, 15) is 5.11 Å². The van der Waals surface area contributed by atoms with Crippen LogP contribution in [0.25, 0.3) is 0 Å². The number of nitrogen functional groups attached to an aromatic ring is 2. The number of nitrogens with two attached hydrogens (primary N) is 2. The summed E-state index contributed by atoms with van der Waals surface area (Å²) < 4.78 is 11.8. The van der Waals surface area contributed by atoms with Crippen molar-refractivity contribution in [2.24, 2.45) is 11.8 Å². The van der Waals surface area contributed by atoms with E-state index >= 15 is 0 Å². The Hall–Kier alpha value is -4.10. The zero-order chi connectivity index (χ0) is 35.3. The molecule has 0 radical (unpaired) electrons. The van der Waals surface area contributed by atoms with Crippen LogP contribution in [0.1, 0.15) is 64.2 Å². The molecule has 268 valence electrons. The topological polar surface area (TPSA) is 187 Å². The third-order valence-electron chi connectivity index (χ3n) is 9.02. The van der Waals surface area contributed by atoms with Crippen LogP contribution < -0.4 is 31.6 Å². The van der Waals surface area contributed by atoms with E-state index in [-0.39, 0.29) is 31.2 Å². The van der Waals surface area contributed by atoms with Crippen LogP contribution in [0.5, 0.6) is 23.0 Å². The average molecular weight is 726 g/mol. The molecule has 2 fully saturated rings. The van der Waals surface area contributed by atoms with E-state index in [0.717, 1.165) is 57.8 Å². The van der Waals surface area contributed by atoms with E-state index in [1.807, 2.05) is 0 Å². The minimum Gasteiger partial charge on any atom is -0.452 e. The lowest BCUT2D eigenvalue weighted by Crippen LogP contribution is -2.28. The number of benzene rings is 2. The lowest BCUT2D eigenvalue weighted by molar-refractivity contribution is 0.224. The first-order valence-electron chi connectivity index (χ1n) is 17.1. The molecule has 4 aromatic rings. The zero-order valence-electron chi connectivity index (χ0n) is 28.0. The lowest BCUT2D eigenvalue weighted by Gasteiger charge is -2.30. The van der Waals surface area contributed by atoms with Gasteiger partial charge in [-0.3, -0.25) is 0 Å². The molecule has 12 nitrogen and oxygen atoms in total. The molecule has 0 unspecified atom stereocenters. The molecule has 8 N–H and O–H groups in total. The Bertz CT molecular complexity index is 1620. The van der Waals surface area contributed by atoms with Gasteiger partial charge in [0, 0.05) is 35.3 Å². The predicted octanol–water partition coefficient (Wildman–Crippen LogP) is 7.72. The number of anilines is 4. The van der Waals surface area contributed by atoms with Crippen LogP contribution in [-0.4, -0.2) is 55.4 Å². The van der Waals surface area contributed by atoms with Gasteiger partial charge in [-0.05, 0) is 112 Å². The van der Waals surface area contributed by atoms with E-state index in [1.54, 1.807) is 60.9 Å². The minimum atomic E-state index is 0.202. The highest BCUT2D eigenvalue weighted by atomic mass is 35.5. The molecule has 6 rings (SSSR count). The fourth-order valence-electron chi connectivity index (χ4n) is 6.42. The van der Waals surface area contributed by atoms with Crippen molar-refractivity contribution in [3.05, 3.63) is 71.0 Å². The second-order valence-corrected chi connectivity index (χ2v) is 13.6.